The van der Waals surface area contributed by atoms with Gasteiger partial charge in [0.05, 0.1) is 13.2 Å². The van der Waals surface area contributed by atoms with Crippen LogP contribution in [0, 0.1) is 5.92 Å². The van der Waals surface area contributed by atoms with E-state index < -0.39 is 6.03 Å². The van der Waals surface area contributed by atoms with Crippen molar-refractivity contribution in [2.45, 2.75) is 19.9 Å². The SMILES string of the molecule is CONC(=O)NC(c1nnc2ccccn12)C(C)C. The van der Waals surface area contributed by atoms with E-state index in [1.165, 1.54) is 7.11 Å². The van der Waals surface area contributed by atoms with Gasteiger partial charge in [0.25, 0.3) is 0 Å². The number of carbonyl (C=O) groups is 1. The number of fused-ring (bicyclic) bond motifs is 1. The summed E-state index contributed by atoms with van der Waals surface area (Å²) < 4.78 is 1.86. The zero-order valence-corrected chi connectivity index (χ0v) is 11.1. The Morgan fingerprint density at radius 3 is 2.84 bits per heavy atom. The maximum Gasteiger partial charge on any atom is 0.339 e. The predicted octanol–water partition coefficient (Wildman–Crippen LogP) is 1.29. The van der Waals surface area contributed by atoms with Gasteiger partial charge in [0.15, 0.2) is 11.5 Å². The second kappa shape index (κ2) is 5.66. The van der Waals surface area contributed by atoms with Crippen LogP contribution in [-0.4, -0.2) is 27.7 Å². The second-order valence-electron chi connectivity index (χ2n) is 4.49. The topological polar surface area (TPSA) is 80.5 Å². The molecule has 2 rings (SSSR count). The van der Waals surface area contributed by atoms with Crippen LogP contribution in [0.3, 0.4) is 0 Å². The minimum Gasteiger partial charge on any atom is -0.326 e. The van der Waals surface area contributed by atoms with Crippen LogP contribution >= 0.6 is 0 Å². The number of rotatable bonds is 4. The molecule has 0 aliphatic carbocycles. The molecule has 7 nitrogen and oxygen atoms in total. The van der Waals surface area contributed by atoms with Gasteiger partial charge in [-0.1, -0.05) is 19.9 Å². The van der Waals surface area contributed by atoms with Gasteiger partial charge in [0, 0.05) is 6.20 Å². The summed E-state index contributed by atoms with van der Waals surface area (Å²) in [6.45, 7) is 4.00. The van der Waals surface area contributed by atoms with Crippen molar-refractivity contribution in [3.8, 4) is 0 Å². The number of nitrogens with zero attached hydrogens (tertiary/aromatic N) is 3. The molecular weight excluding hydrogens is 246 g/mol. The smallest absolute Gasteiger partial charge is 0.326 e. The van der Waals surface area contributed by atoms with Crippen molar-refractivity contribution in [2.75, 3.05) is 7.11 Å². The molecule has 1 atom stereocenters. The maximum atomic E-state index is 11.6. The van der Waals surface area contributed by atoms with E-state index in [1.54, 1.807) is 0 Å². The summed E-state index contributed by atoms with van der Waals surface area (Å²) in [6, 6.07) is 4.99. The molecule has 19 heavy (non-hydrogen) atoms. The fourth-order valence-corrected chi connectivity index (χ4v) is 1.86. The lowest BCUT2D eigenvalue weighted by Crippen LogP contribution is -2.39. The molecule has 102 valence electrons. The Morgan fingerprint density at radius 1 is 1.37 bits per heavy atom. The quantitative estimate of drug-likeness (QED) is 0.814. The zero-order chi connectivity index (χ0) is 13.8. The second-order valence-corrected chi connectivity index (χ2v) is 4.49. The van der Waals surface area contributed by atoms with Crippen molar-refractivity contribution in [1.29, 1.82) is 0 Å². The van der Waals surface area contributed by atoms with Crippen molar-refractivity contribution in [1.82, 2.24) is 25.4 Å². The Hall–Kier alpha value is -2.15. The number of pyridine rings is 1. The third-order valence-electron chi connectivity index (χ3n) is 2.77. The van der Waals surface area contributed by atoms with E-state index >= 15 is 0 Å². The number of hydroxylamine groups is 1. The number of hydrogen-bond acceptors (Lipinski definition) is 4. The van der Waals surface area contributed by atoms with Gasteiger partial charge in [-0.05, 0) is 18.1 Å². The first kappa shape index (κ1) is 13.3. The van der Waals surface area contributed by atoms with Crippen LogP contribution in [0.5, 0.6) is 0 Å². The molecule has 0 saturated carbocycles. The summed E-state index contributed by atoms with van der Waals surface area (Å²) >= 11 is 0. The van der Waals surface area contributed by atoms with E-state index in [0.717, 1.165) is 5.65 Å². The van der Waals surface area contributed by atoms with Gasteiger partial charge in [-0.3, -0.25) is 9.24 Å². The Morgan fingerprint density at radius 2 is 2.16 bits per heavy atom. The minimum absolute atomic E-state index is 0.162. The largest absolute Gasteiger partial charge is 0.339 e. The van der Waals surface area contributed by atoms with E-state index in [0.29, 0.717) is 5.82 Å². The van der Waals surface area contributed by atoms with Crippen molar-refractivity contribution in [2.24, 2.45) is 5.92 Å². The van der Waals surface area contributed by atoms with Crippen molar-refractivity contribution >= 4 is 11.7 Å². The lowest BCUT2D eigenvalue weighted by Gasteiger charge is -2.20. The average molecular weight is 263 g/mol. The van der Waals surface area contributed by atoms with Gasteiger partial charge < -0.3 is 5.32 Å². The van der Waals surface area contributed by atoms with Crippen LogP contribution in [0.4, 0.5) is 4.79 Å². The van der Waals surface area contributed by atoms with E-state index in [1.807, 2.05) is 42.6 Å². The van der Waals surface area contributed by atoms with E-state index in [-0.39, 0.29) is 12.0 Å². The summed E-state index contributed by atoms with van der Waals surface area (Å²) in [5.41, 5.74) is 2.98. The normalized spacial score (nSPS) is 12.6. The molecule has 0 saturated heterocycles. The highest BCUT2D eigenvalue weighted by Crippen LogP contribution is 2.20. The molecule has 2 aromatic heterocycles. The van der Waals surface area contributed by atoms with Crippen LogP contribution in [0.2, 0.25) is 0 Å². The monoisotopic (exact) mass is 263 g/mol. The highest BCUT2D eigenvalue weighted by Gasteiger charge is 2.23. The Balaban J connectivity index is 2.31. The van der Waals surface area contributed by atoms with E-state index in [2.05, 4.69) is 25.8 Å². The summed E-state index contributed by atoms with van der Waals surface area (Å²) in [4.78, 5) is 16.2. The van der Waals surface area contributed by atoms with E-state index in [4.69, 9.17) is 0 Å². The standard InChI is InChI=1S/C12H17N5O2/c1-8(2)10(13-12(18)16-19-3)11-15-14-9-6-4-5-7-17(9)11/h4-8,10H,1-3H3,(H2,13,16,18). The van der Waals surface area contributed by atoms with Gasteiger partial charge in [-0.25, -0.2) is 10.3 Å². The first-order valence-electron chi connectivity index (χ1n) is 6.02. The number of urea groups is 1. The van der Waals surface area contributed by atoms with Gasteiger partial charge >= 0.3 is 6.03 Å². The zero-order valence-electron chi connectivity index (χ0n) is 11.1. The first-order valence-corrected chi connectivity index (χ1v) is 6.02. The molecule has 0 spiro atoms. The van der Waals surface area contributed by atoms with Crippen molar-refractivity contribution in [3.63, 3.8) is 0 Å². The lowest BCUT2D eigenvalue weighted by atomic mass is 10.0. The number of carbonyl (C=O) groups excluding carboxylic acids is 1. The van der Waals surface area contributed by atoms with Gasteiger partial charge in [0.1, 0.15) is 0 Å². The van der Waals surface area contributed by atoms with Crippen molar-refractivity contribution in [3.05, 3.63) is 30.2 Å². The number of hydrogen-bond donors (Lipinski definition) is 2. The van der Waals surface area contributed by atoms with Gasteiger partial charge in [-0.15, -0.1) is 10.2 Å². The average Bonchev–Trinajstić information content (AvgIpc) is 2.79. The number of nitrogens with one attached hydrogen (secondary N) is 2. The molecule has 0 radical (unpaired) electrons. The fraction of sp³-hybridized carbons (Fsp3) is 0.417. The Labute approximate surface area is 110 Å². The molecule has 0 aliphatic rings. The number of amides is 2. The number of aromatic nitrogens is 3. The highest BCUT2D eigenvalue weighted by atomic mass is 16.6. The maximum absolute atomic E-state index is 11.6. The summed E-state index contributed by atoms with van der Waals surface area (Å²) in [5, 5.41) is 11.1. The summed E-state index contributed by atoms with van der Waals surface area (Å²) in [7, 11) is 1.39. The minimum atomic E-state index is -0.408. The van der Waals surface area contributed by atoms with Gasteiger partial charge in [0.2, 0.25) is 0 Å². The fourth-order valence-electron chi connectivity index (χ4n) is 1.86. The van der Waals surface area contributed by atoms with Crippen molar-refractivity contribution < 1.29 is 9.63 Å². The molecule has 0 bridgehead atoms. The molecule has 1 unspecified atom stereocenters. The Bertz CT molecular complexity index is 566. The predicted molar refractivity (Wildman–Crippen MR) is 69.2 cm³/mol. The third-order valence-corrected chi connectivity index (χ3v) is 2.77. The molecule has 2 aromatic rings. The van der Waals surface area contributed by atoms with Gasteiger partial charge in [-0.2, -0.15) is 0 Å². The molecule has 7 heteroatoms. The van der Waals surface area contributed by atoms with Crippen LogP contribution in [0.15, 0.2) is 24.4 Å². The highest BCUT2D eigenvalue weighted by molar-refractivity contribution is 5.73. The van der Waals surface area contributed by atoms with E-state index in [9.17, 15) is 4.79 Å². The molecular formula is C12H17N5O2. The summed E-state index contributed by atoms with van der Waals surface area (Å²) in [6.07, 6.45) is 1.87. The summed E-state index contributed by atoms with van der Waals surface area (Å²) in [5.74, 6) is 0.854. The molecule has 0 aromatic carbocycles. The molecule has 2 N–H and O–H groups in total. The molecule has 2 heterocycles. The van der Waals surface area contributed by atoms with Crippen LogP contribution in [-0.2, 0) is 4.84 Å². The molecule has 0 aliphatic heterocycles. The van der Waals surface area contributed by atoms with Crippen LogP contribution in [0.25, 0.3) is 5.65 Å². The first-order chi connectivity index (χ1) is 9.13. The van der Waals surface area contributed by atoms with Crippen LogP contribution < -0.4 is 10.8 Å². The molecule has 2 amide bonds. The molecule has 0 fully saturated rings. The van der Waals surface area contributed by atoms with Crippen LogP contribution in [0.1, 0.15) is 25.7 Å². The lowest BCUT2D eigenvalue weighted by molar-refractivity contribution is 0.104. The third kappa shape index (κ3) is 2.82. The Kier molecular flexibility index (Phi) is 3.96.